The van der Waals surface area contributed by atoms with E-state index in [2.05, 4.69) is 5.32 Å². The van der Waals surface area contributed by atoms with E-state index >= 15 is 0 Å². The van der Waals surface area contributed by atoms with Gasteiger partial charge in [-0.25, -0.2) is 12.8 Å². The highest BCUT2D eigenvalue weighted by Gasteiger charge is 2.31. The van der Waals surface area contributed by atoms with Gasteiger partial charge in [-0.1, -0.05) is 56.7 Å². The smallest absolute Gasteiger partial charge is 0.244 e. The number of sulfonamides is 1. The van der Waals surface area contributed by atoms with Crippen molar-refractivity contribution in [1.82, 2.24) is 10.2 Å². The van der Waals surface area contributed by atoms with Crippen molar-refractivity contribution in [2.24, 2.45) is 5.92 Å². The third-order valence-electron chi connectivity index (χ3n) is 5.32. The van der Waals surface area contributed by atoms with Gasteiger partial charge in [0.1, 0.15) is 18.4 Å². The number of nitrogens with zero attached hydrogens (tertiary/aromatic N) is 2. The molecule has 0 radical (unpaired) electrons. The average Bonchev–Trinajstić information content (AvgIpc) is 2.76. The van der Waals surface area contributed by atoms with Crippen LogP contribution in [0.25, 0.3) is 0 Å². The summed E-state index contributed by atoms with van der Waals surface area (Å²) in [6.45, 7) is 7.73. The molecule has 2 rings (SSSR count). The number of anilines is 1. The van der Waals surface area contributed by atoms with Gasteiger partial charge in [0.25, 0.3) is 0 Å². The van der Waals surface area contributed by atoms with Crippen LogP contribution in [0.3, 0.4) is 0 Å². The molecule has 0 aliphatic rings. The van der Waals surface area contributed by atoms with Crippen LogP contribution in [0.1, 0.15) is 38.3 Å². The highest BCUT2D eigenvalue weighted by Crippen LogP contribution is 2.20. The predicted molar refractivity (Wildman–Crippen MR) is 132 cm³/mol. The summed E-state index contributed by atoms with van der Waals surface area (Å²) in [5.41, 5.74) is 1.91. The third-order valence-corrected chi connectivity index (χ3v) is 6.46. The molecule has 0 aliphatic carbocycles. The molecule has 34 heavy (non-hydrogen) atoms. The average molecular weight is 492 g/mol. The molecular formula is C25H34FN3O4S. The zero-order valence-corrected chi connectivity index (χ0v) is 21.2. The maximum atomic E-state index is 13.8. The zero-order chi connectivity index (χ0) is 25.5. The molecule has 0 spiro atoms. The topological polar surface area (TPSA) is 86.8 Å². The van der Waals surface area contributed by atoms with E-state index in [0.29, 0.717) is 13.0 Å². The molecule has 0 bridgehead atoms. The summed E-state index contributed by atoms with van der Waals surface area (Å²) in [5, 5.41) is 2.87. The summed E-state index contributed by atoms with van der Waals surface area (Å²) < 4.78 is 39.7. The lowest BCUT2D eigenvalue weighted by molar-refractivity contribution is -0.140. The van der Waals surface area contributed by atoms with E-state index in [4.69, 9.17) is 0 Å². The van der Waals surface area contributed by atoms with Crippen molar-refractivity contribution >= 4 is 27.5 Å². The van der Waals surface area contributed by atoms with Crippen LogP contribution in [-0.2, 0) is 26.2 Å². The Kier molecular flexibility index (Phi) is 9.61. The quantitative estimate of drug-likeness (QED) is 0.521. The second-order valence-electron chi connectivity index (χ2n) is 8.82. The summed E-state index contributed by atoms with van der Waals surface area (Å²) >= 11 is 0. The summed E-state index contributed by atoms with van der Waals surface area (Å²) in [7, 11) is -3.90. The summed E-state index contributed by atoms with van der Waals surface area (Å²) in [6.07, 6.45) is 1.31. The lowest BCUT2D eigenvalue weighted by atomic mass is 10.1. The molecule has 9 heteroatoms. The van der Waals surface area contributed by atoms with E-state index in [1.165, 1.54) is 23.1 Å². The van der Waals surface area contributed by atoms with Crippen LogP contribution in [0.4, 0.5) is 10.1 Å². The summed E-state index contributed by atoms with van der Waals surface area (Å²) in [4.78, 5) is 27.9. The number of nitrogens with one attached hydrogen (secondary N) is 1. The van der Waals surface area contributed by atoms with Crippen molar-refractivity contribution in [3.63, 3.8) is 0 Å². The number of hydrogen-bond acceptors (Lipinski definition) is 4. The molecule has 0 aromatic heterocycles. The highest BCUT2D eigenvalue weighted by molar-refractivity contribution is 7.92. The number of carbonyl (C=O) groups excluding carboxylic acids is 2. The van der Waals surface area contributed by atoms with E-state index in [9.17, 15) is 22.4 Å². The lowest BCUT2D eigenvalue weighted by Crippen LogP contribution is -2.52. The van der Waals surface area contributed by atoms with Crippen molar-refractivity contribution in [3.8, 4) is 0 Å². The molecule has 0 fully saturated rings. The van der Waals surface area contributed by atoms with E-state index in [1.54, 1.807) is 6.92 Å². The Labute approximate surface area is 202 Å². The van der Waals surface area contributed by atoms with Gasteiger partial charge in [0, 0.05) is 13.1 Å². The first-order chi connectivity index (χ1) is 15.9. The fourth-order valence-corrected chi connectivity index (χ4v) is 4.32. The molecule has 1 N–H and O–H groups in total. The number of amides is 2. The largest absolute Gasteiger partial charge is 0.354 e. The Balaban J connectivity index is 2.41. The molecule has 2 aromatic rings. The van der Waals surface area contributed by atoms with Crippen LogP contribution in [0.15, 0.2) is 48.5 Å². The van der Waals surface area contributed by atoms with E-state index in [-0.39, 0.29) is 24.1 Å². The molecule has 2 amide bonds. The molecule has 7 nitrogen and oxygen atoms in total. The molecule has 0 saturated heterocycles. The molecule has 0 heterocycles. The second-order valence-corrected chi connectivity index (χ2v) is 10.7. The Hall–Kier alpha value is -2.94. The van der Waals surface area contributed by atoms with Crippen LogP contribution in [0.5, 0.6) is 0 Å². The minimum atomic E-state index is -3.90. The Morgan fingerprint density at radius 2 is 1.74 bits per heavy atom. The maximum Gasteiger partial charge on any atom is 0.244 e. The number of rotatable bonds is 11. The van der Waals surface area contributed by atoms with Crippen LogP contribution in [0, 0.1) is 18.7 Å². The SMILES string of the molecule is CC[C@@H](C(=O)NCC(C)C)N(Cc1ccc(C)cc1)C(=O)CN(c1cccc(F)c1)S(C)(=O)=O. The van der Waals surface area contributed by atoms with Crippen LogP contribution < -0.4 is 9.62 Å². The van der Waals surface area contributed by atoms with Gasteiger partial charge >= 0.3 is 0 Å². The Morgan fingerprint density at radius 1 is 1.09 bits per heavy atom. The molecule has 186 valence electrons. The van der Waals surface area contributed by atoms with Crippen LogP contribution >= 0.6 is 0 Å². The lowest BCUT2D eigenvalue weighted by Gasteiger charge is -2.33. The fourth-order valence-electron chi connectivity index (χ4n) is 3.48. The van der Waals surface area contributed by atoms with Crippen LogP contribution in [-0.4, -0.2) is 50.5 Å². The third kappa shape index (κ3) is 7.83. The standard InChI is InChI=1S/C25H34FN3O4S/c1-6-23(25(31)27-15-18(2)3)28(16-20-12-10-19(4)11-13-20)24(30)17-29(34(5,32)33)22-9-7-8-21(26)14-22/h7-14,18,23H,6,15-17H2,1-5H3,(H,27,31)/t23-/m0/s1. The van der Waals surface area contributed by atoms with Gasteiger partial charge < -0.3 is 10.2 Å². The first kappa shape index (κ1) is 27.3. The molecule has 2 aromatic carbocycles. The van der Waals surface area contributed by atoms with Gasteiger partial charge in [0.2, 0.25) is 21.8 Å². The van der Waals surface area contributed by atoms with Gasteiger partial charge in [-0.15, -0.1) is 0 Å². The van der Waals surface area contributed by atoms with Crippen molar-refractivity contribution in [1.29, 1.82) is 0 Å². The second kappa shape index (κ2) is 12.0. The van der Waals surface area contributed by atoms with Crippen molar-refractivity contribution in [3.05, 3.63) is 65.5 Å². The first-order valence-corrected chi connectivity index (χ1v) is 13.1. The van der Waals surface area contributed by atoms with Gasteiger partial charge in [-0.2, -0.15) is 0 Å². The molecule has 0 unspecified atom stereocenters. The number of aryl methyl sites for hydroxylation is 1. The van der Waals surface area contributed by atoms with Gasteiger partial charge in [0.05, 0.1) is 11.9 Å². The molecule has 1 atom stereocenters. The minimum Gasteiger partial charge on any atom is -0.354 e. The van der Waals surface area contributed by atoms with Crippen LogP contribution in [0.2, 0.25) is 0 Å². The Bertz CT molecular complexity index is 1090. The van der Waals surface area contributed by atoms with Crippen molar-refractivity contribution in [2.45, 2.75) is 46.7 Å². The number of carbonyl (C=O) groups is 2. The van der Waals surface area contributed by atoms with E-state index in [0.717, 1.165) is 27.8 Å². The Morgan fingerprint density at radius 3 is 2.26 bits per heavy atom. The van der Waals surface area contributed by atoms with E-state index in [1.807, 2.05) is 45.0 Å². The summed E-state index contributed by atoms with van der Waals surface area (Å²) in [6, 6.07) is 11.8. The fraction of sp³-hybridized carbons (Fsp3) is 0.440. The van der Waals surface area contributed by atoms with Crippen molar-refractivity contribution in [2.75, 3.05) is 23.7 Å². The monoisotopic (exact) mass is 491 g/mol. The maximum absolute atomic E-state index is 13.8. The van der Waals surface area contributed by atoms with Crippen molar-refractivity contribution < 1.29 is 22.4 Å². The minimum absolute atomic E-state index is 0.0449. The number of benzene rings is 2. The normalized spacial score (nSPS) is 12.3. The van der Waals surface area contributed by atoms with Gasteiger partial charge in [0.15, 0.2) is 0 Å². The zero-order valence-electron chi connectivity index (χ0n) is 20.4. The predicted octanol–water partition coefficient (Wildman–Crippen LogP) is 3.48. The molecule has 0 saturated carbocycles. The highest BCUT2D eigenvalue weighted by atomic mass is 32.2. The first-order valence-electron chi connectivity index (χ1n) is 11.3. The number of hydrogen-bond donors (Lipinski definition) is 1. The summed E-state index contributed by atoms with van der Waals surface area (Å²) in [5.74, 6) is -1.24. The molecule has 0 aliphatic heterocycles. The van der Waals surface area contributed by atoms with Gasteiger partial charge in [-0.05, 0) is 43.0 Å². The molecular weight excluding hydrogens is 457 g/mol. The van der Waals surface area contributed by atoms with E-state index < -0.39 is 34.3 Å². The van der Waals surface area contributed by atoms with Gasteiger partial charge in [-0.3, -0.25) is 13.9 Å². The number of halogens is 1.